The van der Waals surface area contributed by atoms with E-state index in [4.69, 9.17) is 37.9 Å². The van der Waals surface area contributed by atoms with Crippen LogP contribution < -0.4 is 0 Å². The summed E-state index contributed by atoms with van der Waals surface area (Å²) < 4.78 is 82.7. The highest BCUT2D eigenvalue weighted by Gasteiger charge is 2.55. The number of nitrogens with zero attached hydrogens (tertiary/aromatic N) is 7. The van der Waals surface area contributed by atoms with Crippen LogP contribution in [0.3, 0.4) is 0 Å². The quantitative estimate of drug-likeness (QED) is 0.0506. The zero-order valence-corrected chi connectivity index (χ0v) is 46.2. The number of benzene rings is 3. The smallest absolute Gasteiger partial charge is 0.338 e. The van der Waals surface area contributed by atoms with Crippen LogP contribution in [0.4, 0.5) is 8.78 Å². The van der Waals surface area contributed by atoms with E-state index in [9.17, 15) is 59.2 Å². The van der Waals surface area contributed by atoms with Gasteiger partial charge in [-0.25, -0.2) is 22.9 Å². The molecule has 5 aromatic rings. The standard InChI is InChI=1S/C57H71F2N7O18/c1-4-12-38(53(75)64-17-11-18-64)79-51-46(71)41(26-68)82-57(52(51)83-54(76)32-15-9-6-10-16-32)80-39-21-30(20-37(65-23-35(60-62-65)31-13-7-5-8-14-31)50(39)84-56-49(74)48(73)44(69)29(3)78-56)27-77-55-47(72)43(45(70)40(25-67)81-55)66-24-36(61-63-66)33-19-28(2)42(59)34(58)22-33/h5-10,13-16,19,22-24,29-30,37-41,43-52,55-57,67-74H,4,11-12,17-18,20-21,25-27H2,1-3H3/t29?,30?,37?,38-,39+,40?,41-,43?,44+,45+,46-,47?,48-,49?,50+,51?,52?,55-,56-,57+/m0/s1. The molecule has 27 heteroatoms. The highest BCUT2D eigenvalue weighted by molar-refractivity contribution is 5.89. The molecule has 6 heterocycles. The molecular weight excluding hydrogens is 1110 g/mol. The predicted octanol–water partition coefficient (Wildman–Crippen LogP) is 1.13. The maximum Gasteiger partial charge on any atom is 0.338 e. The first-order valence-corrected chi connectivity index (χ1v) is 28.2. The van der Waals surface area contributed by atoms with Gasteiger partial charge >= 0.3 is 5.97 Å². The topological polar surface area (TPSA) is 334 Å². The number of aryl methyl sites for hydroxylation is 1. The van der Waals surface area contributed by atoms with E-state index in [1.807, 2.05) is 37.3 Å². The SMILES string of the molecule is CCC[C@H](OC1C(OC(=O)c2ccccc2)[C@H](O[C@@H]2CC(CO[C@H]3OC(CO)[C@@H](O)C(n4cc(-c5cc(C)c(F)c(F)c5)nn4)C3O)CC(n3cc(-c4ccccc4)nn3)[C@H]2O[C@@H]2OC(C)[C@@H](O)[C@H](O)C2O)O[C@@H](CO)[C@@H]1O)C(=O)N1CCC1. The summed E-state index contributed by atoms with van der Waals surface area (Å²) in [4.78, 5) is 29.8. The lowest BCUT2D eigenvalue weighted by Crippen LogP contribution is -2.64. The molecule has 9 unspecified atom stereocenters. The molecule has 0 radical (unpaired) electrons. The number of halogens is 2. The molecule has 5 aliphatic rings. The first-order chi connectivity index (χ1) is 40.5. The van der Waals surface area contributed by atoms with Gasteiger partial charge in [0.15, 0.2) is 36.6 Å². The third kappa shape index (κ3) is 13.0. The number of hydrogen-bond acceptors (Lipinski definition) is 22. The molecule has 1 amide bonds. The van der Waals surface area contributed by atoms with Crippen LogP contribution in [0.25, 0.3) is 22.5 Å². The van der Waals surface area contributed by atoms with E-state index in [1.165, 1.54) is 42.9 Å². The van der Waals surface area contributed by atoms with E-state index >= 15 is 0 Å². The van der Waals surface area contributed by atoms with Gasteiger partial charge in [-0.1, -0.05) is 72.3 Å². The Balaban J connectivity index is 1.02. The normalized spacial score (nSPS) is 34.0. The Morgan fingerprint density at radius 1 is 0.714 bits per heavy atom. The van der Waals surface area contributed by atoms with Crippen molar-refractivity contribution >= 4 is 11.9 Å². The monoisotopic (exact) mass is 1180 g/mol. The largest absolute Gasteiger partial charge is 0.450 e. The second kappa shape index (κ2) is 26.8. The predicted molar refractivity (Wildman–Crippen MR) is 284 cm³/mol. The third-order valence-electron chi connectivity index (χ3n) is 16.2. The minimum Gasteiger partial charge on any atom is -0.450 e. The fourth-order valence-electron chi connectivity index (χ4n) is 11.4. The number of aliphatic hydroxyl groups excluding tert-OH is 8. The van der Waals surface area contributed by atoms with Crippen LogP contribution in [0, 0.1) is 24.5 Å². The second-order valence-electron chi connectivity index (χ2n) is 22.0. The van der Waals surface area contributed by atoms with Gasteiger partial charge in [-0.3, -0.25) is 4.79 Å². The lowest BCUT2D eigenvalue weighted by atomic mass is 9.81. The highest BCUT2D eigenvalue weighted by atomic mass is 19.2. The zero-order valence-electron chi connectivity index (χ0n) is 46.2. The van der Waals surface area contributed by atoms with Crippen LogP contribution in [0.2, 0.25) is 0 Å². The maximum atomic E-state index is 14.5. The van der Waals surface area contributed by atoms with Crippen LogP contribution in [0.15, 0.2) is 85.2 Å². The van der Waals surface area contributed by atoms with Gasteiger partial charge in [-0.05, 0) is 75.3 Å². The van der Waals surface area contributed by atoms with Crippen LogP contribution in [-0.4, -0.2) is 225 Å². The summed E-state index contributed by atoms with van der Waals surface area (Å²) in [5.74, 6) is -4.11. The van der Waals surface area contributed by atoms with Crippen molar-refractivity contribution in [3.05, 3.63) is 108 Å². The number of rotatable bonds is 20. The minimum absolute atomic E-state index is 0.00119. The molecule has 10 rings (SSSR count). The highest BCUT2D eigenvalue weighted by Crippen LogP contribution is 2.42. The van der Waals surface area contributed by atoms with E-state index in [1.54, 1.807) is 29.3 Å². The summed E-state index contributed by atoms with van der Waals surface area (Å²) >= 11 is 0. The first-order valence-electron chi connectivity index (χ1n) is 28.2. The lowest BCUT2D eigenvalue weighted by molar-refractivity contribution is -0.350. The van der Waals surface area contributed by atoms with Crippen molar-refractivity contribution in [3.8, 4) is 22.5 Å². The molecule has 456 valence electrons. The summed E-state index contributed by atoms with van der Waals surface area (Å²) in [6.45, 7) is 3.83. The van der Waals surface area contributed by atoms with Gasteiger partial charge in [-0.15, -0.1) is 10.2 Å². The number of aliphatic hydroxyl groups is 8. The number of amides is 1. The summed E-state index contributed by atoms with van der Waals surface area (Å²) in [5, 5.41) is 107. The Hall–Kier alpha value is -5.86. The number of carbonyl (C=O) groups is 2. The van der Waals surface area contributed by atoms with Gasteiger partial charge in [-0.2, -0.15) is 0 Å². The third-order valence-corrected chi connectivity index (χ3v) is 16.2. The minimum atomic E-state index is -1.83. The molecule has 2 aromatic heterocycles. The number of carbonyl (C=O) groups excluding carboxylic acids is 2. The summed E-state index contributed by atoms with van der Waals surface area (Å²) in [6, 6.07) is 16.9. The Morgan fingerprint density at radius 3 is 2.04 bits per heavy atom. The summed E-state index contributed by atoms with van der Waals surface area (Å²) in [6.07, 6.45) is -21.6. The van der Waals surface area contributed by atoms with Gasteiger partial charge in [0.2, 0.25) is 0 Å². The van der Waals surface area contributed by atoms with Crippen molar-refractivity contribution in [2.24, 2.45) is 5.92 Å². The number of ether oxygens (including phenoxy) is 8. The number of aromatic nitrogens is 6. The van der Waals surface area contributed by atoms with Crippen molar-refractivity contribution in [2.45, 2.75) is 169 Å². The lowest BCUT2D eigenvalue weighted by Gasteiger charge is -2.49. The van der Waals surface area contributed by atoms with Gasteiger partial charge in [0.1, 0.15) is 84.6 Å². The van der Waals surface area contributed by atoms with Crippen molar-refractivity contribution in [1.82, 2.24) is 34.9 Å². The van der Waals surface area contributed by atoms with E-state index < -0.39 is 153 Å². The summed E-state index contributed by atoms with van der Waals surface area (Å²) in [5.41, 5.74) is 1.44. The number of likely N-dealkylation sites (tertiary alicyclic amines) is 1. The molecule has 0 spiro atoms. The molecule has 84 heavy (non-hydrogen) atoms. The van der Waals surface area contributed by atoms with E-state index in [0.717, 1.165) is 17.2 Å². The van der Waals surface area contributed by atoms with E-state index in [-0.39, 0.29) is 54.2 Å². The van der Waals surface area contributed by atoms with Gasteiger partial charge in [0.25, 0.3) is 5.91 Å². The van der Waals surface area contributed by atoms with Gasteiger partial charge < -0.3 is 83.6 Å². The molecule has 3 aromatic carbocycles. The van der Waals surface area contributed by atoms with Gasteiger partial charge in [0, 0.05) is 24.2 Å². The molecule has 5 fully saturated rings. The molecule has 1 aliphatic carbocycles. The van der Waals surface area contributed by atoms with Gasteiger partial charge in [0.05, 0.1) is 56.0 Å². The average molecular weight is 1180 g/mol. The van der Waals surface area contributed by atoms with Crippen LogP contribution in [0.5, 0.6) is 0 Å². The fraction of sp³-hybridized carbons (Fsp3) is 0.579. The molecule has 8 N–H and O–H groups in total. The molecule has 0 bridgehead atoms. The Morgan fingerprint density at radius 2 is 1.37 bits per heavy atom. The van der Waals surface area contributed by atoms with Crippen molar-refractivity contribution in [3.63, 3.8) is 0 Å². The average Bonchev–Trinajstić information content (AvgIpc) is 2.87. The first kappa shape index (κ1) is 61.2. The maximum absolute atomic E-state index is 14.5. The number of esters is 1. The van der Waals surface area contributed by atoms with Crippen molar-refractivity contribution in [1.29, 1.82) is 0 Å². The molecule has 4 aliphatic heterocycles. The second-order valence-corrected chi connectivity index (χ2v) is 22.0. The van der Waals surface area contributed by atoms with E-state index in [2.05, 4.69) is 20.6 Å². The molecule has 20 atom stereocenters. The van der Waals surface area contributed by atoms with Crippen LogP contribution in [-0.2, 0) is 42.7 Å². The zero-order chi connectivity index (χ0) is 59.5. The van der Waals surface area contributed by atoms with Crippen molar-refractivity contribution < 1.29 is 97.1 Å². The Labute approximate surface area is 481 Å². The molecule has 25 nitrogen and oxygen atoms in total. The summed E-state index contributed by atoms with van der Waals surface area (Å²) in [7, 11) is 0. The Kier molecular flexibility index (Phi) is 19.5. The van der Waals surface area contributed by atoms with Crippen molar-refractivity contribution in [2.75, 3.05) is 32.9 Å². The molecular formula is C57H71F2N7O18. The number of hydrogen-bond donors (Lipinski definition) is 8. The molecule has 1 saturated carbocycles. The molecule has 4 saturated heterocycles. The Bertz CT molecular complexity index is 2960. The van der Waals surface area contributed by atoms with Crippen LogP contribution >= 0.6 is 0 Å². The van der Waals surface area contributed by atoms with E-state index in [0.29, 0.717) is 30.8 Å². The van der Waals surface area contributed by atoms with Crippen LogP contribution in [0.1, 0.15) is 74.0 Å². The fourth-order valence-corrected chi connectivity index (χ4v) is 11.4.